The van der Waals surface area contributed by atoms with Gasteiger partial charge in [-0.3, -0.25) is 4.79 Å². The zero-order chi connectivity index (χ0) is 10.9. The third-order valence-electron chi connectivity index (χ3n) is 1.44. The smallest absolute Gasteiger partial charge is 0.266 e. The lowest BCUT2D eigenvalue weighted by atomic mass is 10.1. The van der Waals surface area contributed by atoms with Crippen LogP contribution in [0.3, 0.4) is 0 Å². The molecule has 1 rings (SSSR count). The van der Waals surface area contributed by atoms with Gasteiger partial charge in [0.25, 0.3) is 11.7 Å². The van der Waals surface area contributed by atoms with Crippen LogP contribution >= 0.6 is 50.1 Å². The number of nitrogens with zero attached hydrogens (tertiary/aromatic N) is 1. The predicted octanol–water partition coefficient (Wildman–Crippen LogP) is 3.77. The molecule has 0 aromatic carbocycles. The molecule has 0 atom stereocenters. The van der Waals surface area contributed by atoms with Crippen molar-refractivity contribution in [3.05, 3.63) is 25.5 Å². The van der Waals surface area contributed by atoms with Gasteiger partial charge in [0, 0.05) is 11.8 Å². The van der Waals surface area contributed by atoms with Crippen LogP contribution in [-0.4, -0.2) is 10.2 Å². The molecule has 2 nitrogen and oxygen atoms in total. The Kier molecular flexibility index (Phi) is 4.20. The van der Waals surface area contributed by atoms with Crippen molar-refractivity contribution in [3.63, 3.8) is 0 Å². The predicted molar refractivity (Wildman–Crippen MR) is 59.8 cm³/mol. The normalized spacial score (nSPS) is 10.7. The summed E-state index contributed by atoms with van der Waals surface area (Å²) in [6, 6.07) is 0. The first-order valence-electron chi connectivity index (χ1n) is 3.27. The van der Waals surface area contributed by atoms with Gasteiger partial charge < -0.3 is 0 Å². The fourth-order valence-corrected chi connectivity index (χ4v) is 2.20. The fraction of sp³-hybridized carbons (Fsp3) is 0.143. The Hall–Kier alpha value is 0.180. The molecule has 0 amide bonds. The van der Waals surface area contributed by atoms with Crippen LogP contribution in [-0.2, 0) is 0 Å². The molecule has 1 heterocycles. The van der Waals surface area contributed by atoms with Crippen molar-refractivity contribution in [3.8, 4) is 0 Å². The largest absolute Gasteiger partial charge is 0.276 e. The molecule has 14 heavy (non-hydrogen) atoms. The third-order valence-corrected chi connectivity index (χ3v) is 4.02. The summed E-state index contributed by atoms with van der Waals surface area (Å²) in [5.74, 6) is 0. The van der Waals surface area contributed by atoms with E-state index in [2.05, 4.69) is 20.9 Å². The molecular weight excluding hydrogens is 394 g/mol. The van der Waals surface area contributed by atoms with Crippen LogP contribution < -0.4 is 0 Å². The zero-order valence-electron chi connectivity index (χ0n) is 6.40. The van der Waals surface area contributed by atoms with Gasteiger partial charge in [0.15, 0.2) is 0 Å². The SMILES string of the molecule is O=C(Cl)c1c(C(F)F)cnc(Br)c1I. The maximum absolute atomic E-state index is 12.4. The summed E-state index contributed by atoms with van der Waals surface area (Å²) in [7, 11) is 0. The monoisotopic (exact) mass is 395 g/mol. The van der Waals surface area contributed by atoms with E-state index in [1.165, 1.54) is 0 Å². The standard InChI is InChI=1S/C7H2BrClF2INO/c8-5-4(12)3(6(9)14)2(1-13-5)7(10)11/h1,7H. The highest BCUT2D eigenvalue weighted by atomic mass is 127. The highest BCUT2D eigenvalue weighted by Gasteiger charge is 2.22. The molecule has 0 fully saturated rings. The molecule has 0 spiro atoms. The number of aromatic nitrogens is 1. The summed E-state index contributed by atoms with van der Waals surface area (Å²) in [6.07, 6.45) is -1.83. The van der Waals surface area contributed by atoms with Gasteiger partial charge in [0.05, 0.1) is 9.13 Å². The van der Waals surface area contributed by atoms with E-state index in [0.717, 1.165) is 6.20 Å². The number of pyridine rings is 1. The van der Waals surface area contributed by atoms with E-state index in [1.807, 2.05) is 0 Å². The number of alkyl halides is 2. The maximum Gasteiger partial charge on any atom is 0.266 e. The fourth-order valence-electron chi connectivity index (χ4n) is 0.843. The molecule has 0 bridgehead atoms. The molecule has 1 aromatic rings. The first-order chi connectivity index (χ1) is 6.45. The van der Waals surface area contributed by atoms with Crippen molar-refractivity contribution in [2.24, 2.45) is 0 Å². The van der Waals surface area contributed by atoms with Crippen LogP contribution in [0.25, 0.3) is 0 Å². The Morgan fingerprint density at radius 3 is 2.64 bits per heavy atom. The first kappa shape index (κ1) is 12.3. The quantitative estimate of drug-likeness (QED) is 0.433. The summed E-state index contributed by atoms with van der Waals surface area (Å²) in [4.78, 5) is 14.6. The number of hydrogen-bond acceptors (Lipinski definition) is 2. The lowest BCUT2D eigenvalue weighted by Gasteiger charge is -2.07. The van der Waals surface area contributed by atoms with E-state index in [1.54, 1.807) is 22.6 Å². The van der Waals surface area contributed by atoms with Crippen LogP contribution in [0.2, 0.25) is 0 Å². The number of carbonyl (C=O) groups excluding carboxylic acids is 1. The van der Waals surface area contributed by atoms with E-state index in [-0.39, 0.29) is 5.56 Å². The van der Waals surface area contributed by atoms with Gasteiger partial charge in [-0.2, -0.15) is 0 Å². The second-order valence-electron chi connectivity index (χ2n) is 2.27. The number of halogens is 5. The van der Waals surface area contributed by atoms with Gasteiger partial charge in [-0.1, -0.05) is 0 Å². The molecule has 0 saturated heterocycles. The van der Waals surface area contributed by atoms with Crippen molar-refractivity contribution >= 4 is 55.4 Å². The van der Waals surface area contributed by atoms with Crippen LogP contribution in [0.15, 0.2) is 10.8 Å². The topological polar surface area (TPSA) is 30.0 Å². The van der Waals surface area contributed by atoms with Gasteiger partial charge in [-0.15, -0.1) is 0 Å². The van der Waals surface area contributed by atoms with Crippen molar-refractivity contribution in [1.82, 2.24) is 4.98 Å². The van der Waals surface area contributed by atoms with Gasteiger partial charge in [0.2, 0.25) is 0 Å². The number of hydrogen-bond donors (Lipinski definition) is 0. The molecule has 0 aliphatic heterocycles. The molecule has 76 valence electrons. The van der Waals surface area contributed by atoms with Crippen molar-refractivity contribution < 1.29 is 13.6 Å². The highest BCUT2D eigenvalue weighted by molar-refractivity contribution is 14.1. The van der Waals surface area contributed by atoms with E-state index >= 15 is 0 Å². The second-order valence-corrected chi connectivity index (χ2v) is 4.44. The molecule has 7 heteroatoms. The zero-order valence-corrected chi connectivity index (χ0v) is 10.9. The molecule has 0 aliphatic rings. The summed E-state index contributed by atoms with van der Waals surface area (Å²) in [5.41, 5.74) is -0.637. The minimum Gasteiger partial charge on any atom is -0.276 e. The maximum atomic E-state index is 12.4. The number of rotatable bonds is 2. The molecule has 1 aromatic heterocycles. The lowest BCUT2D eigenvalue weighted by molar-refractivity contribution is 0.106. The molecule has 0 radical (unpaired) electrons. The van der Waals surface area contributed by atoms with Crippen LogP contribution in [0, 0.1) is 3.57 Å². The molecule has 0 saturated carbocycles. The molecule has 0 N–H and O–H groups in total. The summed E-state index contributed by atoms with van der Waals surface area (Å²) in [6.45, 7) is 0. The average molecular weight is 396 g/mol. The Bertz CT molecular complexity index is 388. The van der Waals surface area contributed by atoms with Gasteiger partial charge in [-0.25, -0.2) is 13.8 Å². The van der Waals surface area contributed by atoms with Crippen molar-refractivity contribution in [2.45, 2.75) is 6.43 Å². The summed E-state index contributed by atoms with van der Waals surface area (Å²) in [5, 5.41) is -0.909. The van der Waals surface area contributed by atoms with E-state index in [9.17, 15) is 13.6 Å². The molecular formula is C7H2BrClF2INO. The summed E-state index contributed by atoms with van der Waals surface area (Å²) >= 11 is 9.96. The van der Waals surface area contributed by atoms with Gasteiger partial charge in [0.1, 0.15) is 4.60 Å². The Labute approximate surface area is 105 Å². The number of carbonyl (C=O) groups is 1. The Morgan fingerprint density at radius 1 is 1.64 bits per heavy atom. The summed E-state index contributed by atoms with van der Waals surface area (Å²) < 4.78 is 25.5. The van der Waals surface area contributed by atoms with Crippen LogP contribution in [0.1, 0.15) is 22.3 Å². The third kappa shape index (κ3) is 2.40. The van der Waals surface area contributed by atoms with E-state index in [4.69, 9.17) is 11.6 Å². The van der Waals surface area contributed by atoms with E-state index in [0.29, 0.717) is 8.17 Å². The highest BCUT2D eigenvalue weighted by Crippen LogP contribution is 2.30. The minimum absolute atomic E-state index is 0.191. The van der Waals surface area contributed by atoms with Gasteiger partial charge in [-0.05, 0) is 50.1 Å². The van der Waals surface area contributed by atoms with Crippen LogP contribution in [0.4, 0.5) is 8.78 Å². The molecule has 0 unspecified atom stereocenters. The van der Waals surface area contributed by atoms with Gasteiger partial charge >= 0.3 is 0 Å². The van der Waals surface area contributed by atoms with Crippen molar-refractivity contribution in [2.75, 3.05) is 0 Å². The first-order valence-corrected chi connectivity index (χ1v) is 5.52. The molecule has 0 aliphatic carbocycles. The van der Waals surface area contributed by atoms with E-state index < -0.39 is 17.2 Å². The average Bonchev–Trinajstić information content (AvgIpc) is 2.08. The lowest BCUT2D eigenvalue weighted by Crippen LogP contribution is -2.03. The Morgan fingerprint density at radius 2 is 2.21 bits per heavy atom. The minimum atomic E-state index is -2.76. The second kappa shape index (κ2) is 4.80. The van der Waals surface area contributed by atoms with Crippen molar-refractivity contribution in [1.29, 1.82) is 0 Å². The Balaban J connectivity index is 3.45. The van der Waals surface area contributed by atoms with Crippen LogP contribution in [0.5, 0.6) is 0 Å².